The molecule has 1 amide bonds. The van der Waals surface area contributed by atoms with Gasteiger partial charge in [0.15, 0.2) is 0 Å². The molecule has 0 bridgehead atoms. The van der Waals surface area contributed by atoms with Gasteiger partial charge in [0, 0.05) is 41.8 Å². The minimum absolute atomic E-state index is 0.118. The van der Waals surface area contributed by atoms with Crippen LogP contribution < -0.4 is 5.32 Å². The van der Waals surface area contributed by atoms with E-state index in [4.69, 9.17) is 5.26 Å². The van der Waals surface area contributed by atoms with E-state index in [1.807, 2.05) is 48.1 Å². The first-order valence-electron chi connectivity index (χ1n) is 7.60. The zero-order chi connectivity index (χ0) is 17.1. The molecule has 3 aromatic rings. The summed E-state index contributed by atoms with van der Waals surface area (Å²) < 4.78 is 1.95. The van der Waals surface area contributed by atoms with E-state index in [1.54, 1.807) is 24.3 Å². The number of para-hydroxylation sites is 1. The molecule has 0 radical (unpaired) electrons. The second-order valence-electron chi connectivity index (χ2n) is 5.63. The molecule has 5 heteroatoms. The van der Waals surface area contributed by atoms with Crippen LogP contribution in [-0.4, -0.2) is 22.1 Å². The molecule has 0 aliphatic carbocycles. The van der Waals surface area contributed by atoms with Crippen molar-refractivity contribution in [3.63, 3.8) is 0 Å². The molecule has 3 rings (SSSR count). The van der Waals surface area contributed by atoms with Crippen LogP contribution in [0.2, 0.25) is 0 Å². The number of nitriles is 1. The highest BCUT2D eigenvalue weighted by atomic mass is 16.3. The Balaban J connectivity index is 1.71. The molecule has 0 saturated carbocycles. The first kappa shape index (κ1) is 15.8. The number of benzene rings is 2. The number of rotatable bonds is 4. The maximum Gasteiger partial charge on any atom is 0.251 e. The third-order valence-electron chi connectivity index (χ3n) is 4.02. The molecular weight excluding hydrogens is 302 g/mol. The molecule has 5 nitrogen and oxygen atoms in total. The monoisotopic (exact) mass is 319 g/mol. The van der Waals surface area contributed by atoms with E-state index >= 15 is 0 Å². The lowest BCUT2D eigenvalue weighted by Gasteiger charge is -2.11. The number of carbonyl (C=O) groups is 1. The molecule has 1 atom stereocenters. The third kappa shape index (κ3) is 3.00. The normalized spacial score (nSPS) is 11.9. The number of aryl methyl sites for hydroxylation is 1. The number of carbonyl (C=O) groups excluding carboxylic acids is 1. The summed E-state index contributed by atoms with van der Waals surface area (Å²) in [5.74, 6) is -0.279. The molecule has 2 aromatic carbocycles. The van der Waals surface area contributed by atoms with Crippen LogP contribution in [0.5, 0.6) is 0 Å². The average molecular weight is 319 g/mol. The number of amides is 1. The van der Waals surface area contributed by atoms with Gasteiger partial charge < -0.3 is 15.0 Å². The fraction of sp³-hybridized carbons (Fsp3) is 0.158. The van der Waals surface area contributed by atoms with Crippen molar-refractivity contribution >= 4 is 16.8 Å². The van der Waals surface area contributed by atoms with Crippen LogP contribution in [-0.2, 0) is 7.05 Å². The van der Waals surface area contributed by atoms with E-state index in [9.17, 15) is 9.90 Å². The zero-order valence-corrected chi connectivity index (χ0v) is 13.2. The average Bonchev–Trinajstić information content (AvgIpc) is 2.97. The summed E-state index contributed by atoms with van der Waals surface area (Å²) in [5, 5.41) is 22.9. The Morgan fingerprint density at radius 2 is 1.96 bits per heavy atom. The van der Waals surface area contributed by atoms with Crippen LogP contribution in [0.25, 0.3) is 10.9 Å². The summed E-state index contributed by atoms with van der Waals surface area (Å²) in [5.41, 5.74) is 2.78. The van der Waals surface area contributed by atoms with Gasteiger partial charge in [0.25, 0.3) is 5.91 Å². The highest BCUT2D eigenvalue weighted by Crippen LogP contribution is 2.25. The third-order valence-corrected chi connectivity index (χ3v) is 4.02. The lowest BCUT2D eigenvalue weighted by atomic mass is 10.1. The molecule has 0 spiro atoms. The van der Waals surface area contributed by atoms with Crippen molar-refractivity contribution in [2.45, 2.75) is 6.10 Å². The lowest BCUT2D eigenvalue weighted by molar-refractivity contribution is 0.0917. The number of hydrogen-bond acceptors (Lipinski definition) is 3. The van der Waals surface area contributed by atoms with Gasteiger partial charge >= 0.3 is 0 Å². The van der Waals surface area contributed by atoms with E-state index < -0.39 is 6.10 Å². The number of fused-ring (bicyclic) bond motifs is 1. The highest BCUT2D eigenvalue weighted by molar-refractivity contribution is 5.94. The molecule has 2 N–H and O–H groups in total. The molecule has 1 aromatic heterocycles. The minimum atomic E-state index is -0.793. The Bertz CT molecular complexity index is 920. The van der Waals surface area contributed by atoms with Gasteiger partial charge in [-0.25, -0.2) is 0 Å². The Morgan fingerprint density at radius 1 is 1.25 bits per heavy atom. The quantitative estimate of drug-likeness (QED) is 0.775. The number of hydrogen-bond donors (Lipinski definition) is 2. The van der Waals surface area contributed by atoms with Crippen molar-refractivity contribution < 1.29 is 9.90 Å². The number of aromatic nitrogens is 1. The number of nitrogens with zero attached hydrogens (tertiary/aromatic N) is 2. The van der Waals surface area contributed by atoms with E-state index in [1.165, 1.54) is 0 Å². The molecule has 0 fully saturated rings. The Kier molecular flexibility index (Phi) is 4.32. The van der Waals surface area contributed by atoms with E-state index in [2.05, 4.69) is 5.32 Å². The number of nitrogens with one attached hydrogen (secondary N) is 1. The molecular formula is C19H17N3O2. The molecule has 1 unspecified atom stereocenters. The van der Waals surface area contributed by atoms with Gasteiger partial charge in [0.1, 0.15) is 0 Å². The molecule has 0 aliphatic rings. The van der Waals surface area contributed by atoms with Crippen molar-refractivity contribution in [2.24, 2.45) is 7.05 Å². The summed E-state index contributed by atoms with van der Waals surface area (Å²) >= 11 is 0. The fourth-order valence-electron chi connectivity index (χ4n) is 2.74. The largest absolute Gasteiger partial charge is 0.386 e. The van der Waals surface area contributed by atoms with Crippen LogP contribution in [0.3, 0.4) is 0 Å². The van der Waals surface area contributed by atoms with Gasteiger partial charge in [-0.1, -0.05) is 18.2 Å². The van der Waals surface area contributed by atoms with Gasteiger partial charge in [0.2, 0.25) is 0 Å². The van der Waals surface area contributed by atoms with Crippen molar-refractivity contribution in [1.82, 2.24) is 9.88 Å². The Labute approximate surface area is 139 Å². The van der Waals surface area contributed by atoms with Crippen LogP contribution in [0.4, 0.5) is 0 Å². The second kappa shape index (κ2) is 6.57. The lowest BCUT2D eigenvalue weighted by Crippen LogP contribution is -2.28. The van der Waals surface area contributed by atoms with Crippen LogP contribution in [0.1, 0.15) is 27.6 Å². The van der Waals surface area contributed by atoms with Gasteiger partial charge in [-0.15, -0.1) is 0 Å². The number of aliphatic hydroxyl groups is 1. The van der Waals surface area contributed by atoms with Crippen molar-refractivity contribution in [3.05, 3.63) is 71.4 Å². The minimum Gasteiger partial charge on any atom is -0.386 e. The SMILES string of the molecule is Cn1cc(C(O)CNC(=O)c2ccc(C#N)cc2)c2ccccc21. The summed E-state index contributed by atoms with van der Waals surface area (Å²) in [6.07, 6.45) is 1.09. The molecule has 120 valence electrons. The molecule has 24 heavy (non-hydrogen) atoms. The second-order valence-corrected chi connectivity index (χ2v) is 5.63. The standard InChI is InChI=1S/C19H17N3O2/c1-22-12-16(15-4-2-3-5-17(15)22)18(23)11-21-19(24)14-8-6-13(10-20)7-9-14/h2-9,12,18,23H,11H2,1H3,(H,21,24). The number of aliphatic hydroxyl groups excluding tert-OH is 1. The fourth-order valence-corrected chi connectivity index (χ4v) is 2.74. The van der Waals surface area contributed by atoms with Gasteiger partial charge in [-0.3, -0.25) is 4.79 Å². The first-order chi connectivity index (χ1) is 11.6. The van der Waals surface area contributed by atoms with Crippen molar-refractivity contribution in [1.29, 1.82) is 5.26 Å². The summed E-state index contributed by atoms with van der Waals surface area (Å²) in [6.45, 7) is 0.118. The Hall–Kier alpha value is -3.10. The molecule has 0 saturated heterocycles. The maximum atomic E-state index is 12.1. The van der Waals surface area contributed by atoms with Crippen LogP contribution >= 0.6 is 0 Å². The van der Waals surface area contributed by atoms with Crippen LogP contribution in [0.15, 0.2) is 54.7 Å². The van der Waals surface area contributed by atoms with Crippen molar-refractivity contribution in [3.8, 4) is 6.07 Å². The molecule has 0 aliphatic heterocycles. The highest BCUT2D eigenvalue weighted by Gasteiger charge is 2.15. The summed E-state index contributed by atoms with van der Waals surface area (Å²) in [7, 11) is 1.92. The van der Waals surface area contributed by atoms with E-state index in [0.29, 0.717) is 11.1 Å². The van der Waals surface area contributed by atoms with Gasteiger partial charge in [-0.2, -0.15) is 5.26 Å². The van der Waals surface area contributed by atoms with Gasteiger partial charge in [0.05, 0.1) is 17.7 Å². The topological polar surface area (TPSA) is 78.0 Å². The molecule has 1 heterocycles. The Morgan fingerprint density at radius 3 is 2.67 bits per heavy atom. The van der Waals surface area contributed by atoms with Gasteiger partial charge in [-0.05, 0) is 30.3 Å². The smallest absolute Gasteiger partial charge is 0.251 e. The van der Waals surface area contributed by atoms with Crippen LogP contribution in [0, 0.1) is 11.3 Å². The predicted molar refractivity (Wildman–Crippen MR) is 91.4 cm³/mol. The predicted octanol–water partition coefficient (Wildman–Crippen LogP) is 2.51. The van der Waals surface area contributed by atoms with E-state index in [-0.39, 0.29) is 12.5 Å². The zero-order valence-electron chi connectivity index (χ0n) is 13.2. The first-order valence-corrected chi connectivity index (χ1v) is 7.60. The summed E-state index contributed by atoms with van der Waals surface area (Å²) in [4.78, 5) is 12.1. The van der Waals surface area contributed by atoms with E-state index in [0.717, 1.165) is 16.5 Å². The van der Waals surface area contributed by atoms with Crippen molar-refractivity contribution in [2.75, 3.05) is 6.54 Å². The maximum absolute atomic E-state index is 12.1. The summed E-state index contributed by atoms with van der Waals surface area (Å²) in [6, 6.07) is 16.2.